The van der Waals surface area contributed by atoms with E-state index in [0.29, 0.717) is 44.3 Å². The molecule has 1 aliphatic rings. The molecule has 9 heteroatoms. The van der Waals surface area contributed by atoms with Gasteiger partial charge in [0.2, 0.25) is 11.0 Å². The van der Waals surface area contributed by atoms with Crippen LogP contribution in [0.3, 0.4) is 0 Å². The number of imide groups is 1. The Bertz CT molecular complexity index is 1930. The summed E-state index contributed by atoms with van der Waals surface area (Å²) in [6.07, 6.45) is 0. The van der Waals surface area contributed by atoms with E-state index in [1.54, 1.807) is 50.2 Å². The van der Waals surface area contributed by atoms with Gasteiger partial charge in [-0.15, -0.1) is 0 Å². The summed E-state index contributed by atoms with van der Waals surface area (Å²) in [6.45, 7) is 3.49. The van der Waals surface area contributed by atoms with E-state index in [1.165, 1.54) is 17.0 Å². The van der Waals surface area contributed by atoms with Gasteiger partial charge in [0.15, 0.2) is 0 Å². The van der Waals surface area contributed by atoms with Gasteiger partial charge in [0.1, 0.15) is 12.8 Å². The Morgan fingerprint density at radius 2 is 1.38 bits per heavy atom. The first-order valence-corrected chi connectivity index (χ1v) is 13.0. The molecule has 0 unspecified atom stereocenters. The fourth-order valence-electron chi connectivity index (χ4n) is 5.58. The minimum Gasteiger partial charge on any atom is -1.00 e. The maximum atomic E-state index is 13.8. The lowest BCUT2D eigenvalue weighted by Gasteiger charge is -2.16. The average Bonchev–Trinajstić information content (AvgIpc) is 3.20. The van der Waals surface area contributed by atoms with Crippen LogP contribution in [0, 0.1) is 13.8 Å². The van der Waals surface area contributed by atoms with Crippen molar-refractivity contribution in [2.75, 3.05) is 0 Å². The number of hydrogen-bond acceptors (Lipinski definition) is 5. The van der Waals surface area contributed by atoms with Crippen LogP contribution in [0.4, 0.5) is 0 Å². The van der Waals surface area contributed by atoms with E-state index >= 15 is 0 Å². The van der Waals surface area contributed by atoms with Crippen LogP contribution in [-0.4, -0.2) is 33.8 Å². The number of rotatable bonds is 5. The van der Waals surface area contributed by atoms with Crippen molar-refractivity contribution in [1.82, 2.24) is 4.90 Å². The van der Waals surface area contributed by atoms with Crippen LogP contribution >= 0.6 is 0 Å². The molecule has 42 heavy (non-hydrogen) atoms. The number of aromatic carboxylic acids is 1. The molecular formula is C33H25BrN2O6. The topological polar surface area (TPSA) is 105 Å². The van der Waals surface area contributed by atoms with E-state index in [9.17, 15) is 24.3 Å². The summed E-state index contributed by atoms with van der Waals surface area (Å²) in [7, 11) is 1.89. The molecule has 0 bridgehead atoms. The van der Waals surface area contributed by atoms with Gasteiger partial charge in [0.05, 0.1) is 39.6 Å². The number of pyridine rings is 1. The first-order chi connectivity index (χ1) is 19.7. The van der Waals surface area contributed by atoms with Crippen molar-refractivity contribution in [3.05, 3.63) is 118 Å². The molecule has 0 atom stereocenters. The van der Waals surface area contributed by atoms with Gasteiger partial charge in [0.25, 0.3) is 11.8 Å². The molecule has 1 aliphatic heterocycles. The van der Waals surface area contributed by atoms with Crippen LogP contribution in [0.15, 0.2) is 78.9 Å². The summed E-state index contributed by atoms with van der Waals surface area (Å²) in [5.74, 6) is -1.99. The highest BCUT2D eigenvalue weighted by Crippen LogP contribution is 2.31. The van der Waals surface area contributed by atoms with E-state index < -0.39 is 11.9 Å². The number of benzene rings is 4. The summed E-state index contributed by atoms with van der Waals surface area (Å²) in [4.78, 5) is 52.4. The molecule has 2 amide bonds. The second kappa shape index (κ2) is 10.8. The first kappa shape index (κ1) is 28.6. The number of carbonyl (C=O) groups is 4. The second-order valence-corrected chi connectivity index (χ2v) is 10.2. The average molecular weight is 625 g/mol. The number of esters is 1. The Labute approximate surface area is 251 Å². The summed E-state index contributed by atoms with van der Waals surface area (Å²) in [5.41, 5.74) is 4.58. The quantitative estimate of drug-likeness (QED) is 0.106. The third-order valence-corrected chi connectivity index (χ3v) is 7.55. The van der Waals surface area contributed by atoms with Gasteiger partial charge in [0, 0.05) is 12.1 Å². The van der Waals surface area contributed by atoms with Crippen molar-refractivity contribution < 1.29 is 50.6 Å². The van der Waals surface area contributed by atoms with Crippen molar-refractivity contribution >= 4 is 45.6 Å². The van der Waals surface area contributed by atoms with E-state index in [4.69, 9.17) is 4.74 Å². The standard InChI is InChI=1S/C33H24N2O6.BrH/c1-18-14-21(32(38)39)15-19(2)29(18)41-33(40)28-24-10-6-7-11-26(24)34(3)27-16-20(12-13-25(27)28)17-35-30(36)22-8-4-5-9-23(22)31(35)37;/h4-16H,17H2,1-3H3;1H. The van der Waals surface area contributed by atoms with Crippen LogP contribution in [-0.2, 0) is 13.6 Å². The van der Waals surface area contributed by atoms with E-state index in [2.05, 4.69) is 0 Å². The number of hydrogen-bond donors (Lipinski definition) is 1. The highest BCUT2D eigenvalue weighted by molar-refractivity contribution is 6.21. The zero-order valence-corrected chi connectivity index (χ0v) is 24.6. The molecule has 5 aromatic rings. The zero-order valence-electron chi connectivity index (χ0n) is 23.0. The molecule has 4 aromatic carbocycles. The predicted octanol–water partition coefficient (Wildman–Crippen LogP) is 2.15. The number of fused-ring (bicyclic) bond motifs is 3. The van der Waals surface area contributed by atoms with Gasteiger partial charge < -0.3 is 26.8 Å². The lowest BCUT2D eigenvalue weighted by Crippen LogP contribution is -3.00. The number of ether oxygens (including phenoxy) is 1. The Morgan fingerprint density at radius 3 is 2.00 bits per heavy atom. The number of aryl methyl sites for hydroxylation is 3. The van der Waals surface area contributed by atoms with Crippen molar-refractivity contribution in [2.45, 2.75) is 20.4 Å². The highest BCUT2D eigenvalue weighted by Gasteiger charge is 2.35. The van der Waals surface area contributed by atoms with Gasteiger partial charge in [-0.3, -0.25) is 14.5 Å². The number of para-hydroxylation sites is 1. The van der Waals surface area contributed by atoms with Crippen molar-refractivity contribution in [1.29, 1.82) is 0 Å². The molecule has 0 aliphatic carbocycles. The minimum atomic E-state index is -1.06. The molecule has 0 saturated carbocycles. The summed E-state index contributed by atoms with van der Waals surface area (Å²) in [5, 5.41) is 10.7. The normalized spacial score (nSPS) is 12.4. The SMILES string of the molecule is Cc1cc(C(=O)O)cc(C)c1OC(=O)c1c2ccccc2[n+](C)c2cc(CN3C(=O)c4ccccc4C3=O)ccc12.[Br-]. The number of carbonyl (C=O) groups excluding carboxylic acids is 3. The van der Waals surface area contributed by atoms with Crippen LogP contribution in [0.25, 0.3) is 21.8 Å². The molecule has 0 spiro atoms. The maximum Gasteiger partial charge on any atom is 0.345 e. The van der Waals surface area contributed by atoms with Crippen molar-refractivity contribution in [3.8, 4) is 5.75 Å². The maximum absolute atomic E-state index is 13.8. The largest absolute Gasteiger partial charge is 1.00 e. The molecule has 1 N–H and O–H groups in total. The summed E-state index contributed by atoms with van der Waals surface area (Å²) >= 11 is 0. The molecule has 0 radical (unpaired) electrons. The number of carboxylic acids is 1. The third kappa shape index (κ3) is 4.61. The van der Waals surface area contributed by atoms with E-state index in [0.717, 1.165) is 16.6 Å². The Kier molecular flexibility index (Phi) is 7.38. The predicted molar refractivity (Wildman–Crippen MR) is 151 cm³/mol. The number of aromatic nitrogens is 1. The second-order valence-electron chi connectivity index (χ2n) is 10.2. The lowest BCUT2D eigenvalue weighted by atomic mass is 10.00. The Balaban J connectivity index is 0.00000353. The third-order valence-electron chi connectivity index (χ3n) is 7.55. The van der Waals surface area contributed by atoms with Crippen LogP contribution < -0.4 is 26.3 Å². The number of carboxylic acid groups (broad SMARTS) is 1. The molecule has 2 heterocycles. The summed E-state index contributed by atoms with van der Waals surface area (Å²) in [6, 6.07) is 22.7. The fourth-order valence-corrected chi connectivity index (χ4v) is 5.58. The number of amides is 2. The van der Waals surface area contributed by atoms with Gasteiger partial charge in [-0.1, -0.05) is 30.3 Å². The van der Waals surface area contributed by atoms with Gasteiger partial charge in [-0.25, -0.2) is 9.59 Å². The first-order valence-electron chi connectivity index (χ1n) is 13.0. The molecule has 8 nitrogen and oxygen atoms in total. The van der Waals surface area contributed by atoms with Gasteiger partial charge in [-0.05, 0) is 66.9 Å². The molecule has 1 aromatic heterocycles. The van der Waals surface area contributed by atoms with Crippen LogP contribution in [0.2, 0.25) is 0 Å². The minimum absolute atomic E-state index is 0. The number of nitrogens with zero attached hydrogens (tertiary/aromatic N) is 2. The molecule has 0 saturated heterocycles. The van der Waals surface area contributed by atoms with E-state index in [1.807, 2.05) is 41.9 Å². The number of halogens is 1. The Hall–Kier alpha value is -4.89. The van der Waals surface area contributed by atoms with Gasteiger partial charge in [-0.2, -0.15) is 4.57 Å². The fraction of sp³-hybridized carbons (Fsp3) is 0.121. The highest BCUT2D eigenvalue weighted by atomic mass is 79.9. The van der Waals surface area contributed by atoms with Crippen molar-refractivity contribution in [3.63, 3.8) is 0 Å². The lowest BCUT2D eigenvalue weighted by molar-refractivity contribution is -0.617. The molecule has 6 rings (SSSR count). The van der Waals surface area contributed by atoms with E-state index in [-0.39, 0.29) is 40.9 Å². The van der Waals surface area contributed by atoms with Crippen LogP contribution in [0.5, 0.6) is 5.75 Å². The van der Waals surface area contributed by atoms with Crippen LogP contribution in [0.1, 0.15) is 58.1 Å². The molecular weight excluding hydrogens is 600 g/mol. The van der Waals surface area contributed by atoms with Crippen molar-refractivity contribution in [2.24, 2.45) is 7.05 Å². The molecule has 0 fully saturated rings. The monoisotopic (exact) mass is 624 g/mol. The smallest absolute Gasteiger partial charge is 0.345 e. The van der Waals surface area contributed by atoms with Gasteiger partial charge >= 0.3 is 11.9 Å². The summed E-state index contributed by atoms with van der Waals surface area (Å²) < 4.78 is 7.88. The molecule has 210 valence electrons. The Morgan fingerprint density at radius 1 is 0.810 bits per heavy atom. The zero-order chi connectivity index (χ0) is 29.0.